The van der Waals surface area contributed by atoms with Crippen LogP contribution < -0.4 is 11.3 Å². The third-order valence-corrected chi connectivity index (χ3v) is 2.11. The third kappa shape index (κ3) is 2.45. The topological polar surface area (TPSA) is 68.8 Å². The molecule has 0 atom stereocenters. The van der Waals surface area contributed by atoms with Crippen LogP contribution in [-0.4, -0.2) is 14.8 Å². The molecule has 0 aliphatic carbocycles. The molecule has 0 radical (unpaired) electrons. The minimum atomic E-state index is 0.628. The van der Waals surface area contributed by atoms with Gasteiger partial charge in [-0.3, -0.25) is 4.68 Å². The Morgan fingerprint density at radius 3 is 2.80 bits per heavy atom. The molecule has 2 heterocycles. The van der Waals surface area contributed by atoms with Gasteiger partial charge in [0.1, 0.15) is 5.82 Å². The largest absolute Gasteiger partial charge is 0.308 e. The molecule has 78 valence electrons. The highest BCUT2D eigenvalue weighted by Crippen LogP contribution is 2.08. The minimum absolute atomic E-state index is 0.628. The summed E-state index contributed by atoms with van der Waals surface area (Å²) < 4.78 is 1.74. The van der Waals surface area contributed by atoms with Gasteiger partial charge in [-0.25, -0.2) is 10.8 Å². The van der Waals surface area contributed by atoms with Crippen molar-refractivity contribution in [2.75, 3.05) is 5.43 Å². The van der Waals surface area contributed by atoms with E-state index in [0.717, 1.165) is 5.56 Å². The van der Waals surface area contributed by atoms with E-state index in [4.69, 9.17) is 17.4 Å². The van der Waals surface area contributed by atoms with Gasteiger partial charge < -0.3 is 5.43 Å². The number of rotatable bonds is 3. The van der Waals surface area contributed by atoms with E-state index in [9.17, 15) is 0 Å². The zero-order valence-corrected chi connectivity index (χ0v) is 8.65. The van der Waals surface area contributed by atoms with Crippen LogP contribution in [0.3, 0.4) is 0 Å². The standard InChI is InChI=1S/C9H10ClN5/c10-8-4-13-15(6-8)5-7-1-2-9(14-11)12-3-7/h1-4,6H,5,11H2,(H,12,14). The molecule has 0 aromatic carbocycles. The molecule has 2 aromatic heterocycles. The summed E-state index contributed by atoms with van der Waals surface area (Å²) in [4.78, 5) is 4.09. The Morgan fingerprint density at radius 1 is 1.40 bits per heavy atom. The van der Waals surface area contributed by atoms with Gasteiger partial charge in [-0.05, 0) is 11.6 Å². The molecular formula is C9H10ClN5. The van der Waals surface area contributed by atoms with E-state index in [2.05, 4.69) is 15.5 Å². The van der Waals surface area contributed by atoms with Crippen molar-refractivity contribution >= 4 is 17.4 Å². The summed E-state index contributed by atoms with van der Waals surface area (Å²) in [5.41, 5.74) is 3.50. The van der Waals surface area contributed by atoms with Gasteiger partial charge in [-0.2, -0.15) is 5.10 Å². The quantitative estimate of drug-likeness (QED) is 0.607. The van der Waals surface area contributed by atoms with Crippen LogP contribution >= 0.6 is 11.6 Å². The van der Waals surface area contributed by atoms with E-state index in [1.165, 1.54) is 0 Å². The van der Waals surface area contributed by atoms with E-state index in [1.807, 2.05) is 6.07 Å². The van der Waals surface area contributed by atoms with Gasteiger partial charge in [-0.15, -0.1) is 0 Å². The molecule has 5 nitrogen and oxygen atoms in total. The maximum atomic E-state index is 5.75. The first kappa shape index (κ1) is 9.95. The van der Waals surface area contributed by atoms with Crippen LogP contribution in [0.15, 0.2) is 30.7 Å². The lowest BCUT2D eigenvalue weighted by Gasteiger charge is -2.02. The fourth-order valence-electron chi connectivity index (χ4n) is 1.22. The third-order valence-electron chi connectivity index (χ3n) is 1.92. The van der Waals surface area contributed by atoms with E-state index in [1.54, 1.807) is 29.3 Å². The number of nitrogen functional groups attached to an aromatic ring is 1. The van der Waals surface area contributed by atoms with Gasteiger partial charge >= 0.3 is 0 Å². The summed E-state index contributed by atoms with van der Waals surface area (Å²) in [5.74, 6) is 5.84. The Balaban J connectivity index is 2.11. The number of hydrogen-bond donors (Lipinski definition) is 2. The molecule has 0 unspecified atom stereocenters. The molecule has 2 rings (SSSR count). The Morgan fingerprint density at radius 2 is 2.27 bits per heavy atom. The number of hydrazine groups is 1. The van der Waals surface area contributed by atoms with Crippen molar-refractivity contribution in [3.63, 3.8) is 0 Å². The molecule has 0 bridgehead atoms. The number of aromatic nitrogens is 3. The van der Waals surface area contributed by atoms with Crippen LogP contribution in [-0.2, 0) is 6.54 Å². The van der Waals surface area contributed by atoms with Gasteiger partial charge in [-0.1, -0.05) is 17.7 Å². The number of nitrogens with zero attached hydrogens (tertiary/aromatic N) is 3. The first-order valence-electron chi connectivity index (χ1n) is 4.37. The van der Waals surface area contributed by atoms with E-state index in [0.29, 0.717) is 17.4 Å². The Hall–Kier alpha value is -1.59. The highest BCUT2D eigenvalue weighted by molar-refractivity contribution is 6.30. The predicted molar refractivity (Wildman–Crippen MR) is 58.4 cm³/mol. The molecule has 0 amide bonds. The van der Waals surface area contributed by atoms with Gasteiger partial charge in [0.25, 0.3) is 0 Å². The minimum Gasteiger partial charge on any atom is -0.308 e. The summed E-state index contributed by atoms with van der Waals surface area (Å²) in [7, 11) is 0. The summed E-state index contributed by atoms with van der Waals surface area (Å²) in [5, 5.41) is 4.70. The first-order valence-corrected chi connectivity index (χ1v) is 4.75. The van der Waals surface area contributed by atoms with Crippen molar-refractivity contribution in [2.45, 2.75) is 6.54 Å². The normalized spacial score (nSPS) is 10.3. The van der Waals surface area contributed by atoms with Crippen LogP contribution in [0.2, 0.25) is 5.02 Å². The van der Waals surface area contributed by atoms with E-state index < -0.39 is 0 Å². The Kier molecular flexibility index (Phi) is 2.84. The average molecular weight is 224 g/mol. The van der Waals surface area contributed by atoms with Crippen LogP contribution in [0.5, 0.6) is 0 Å². The first-order chi connectivity index (χ1) is 7.28. The van der Waals surface area contributed by atoms with Gasteiger partial charge in [0.05, 0.1) is 17.8 Å². The second kappa shape index (κ2) is 4.29. The fraction of sp³-hybridized carbons (Fsp3) is 0.111. The van der Waals surface area contributed by atoms with Crippen molar-refractivity contribution in [2.24, 2.45) is 5.84 Å². The predicted octanol–water partition coefficient (Wildman–Crippen LogP) is 1.27. The zero-order chi connectivity index (χ0) is 10.7. The number of hydrogen-bond acceptors (Lipinski definition) is 4. The smallest absolute Gasteiger partial charge is 0.139 e. The highest BCUT2D eigenvalue weighted by atomic mass is 35.5. The van der Waals surface area contributed by atoms with Crippen molar-refractivity contribution in [3.8, 4) is 0 Å². The monoisotopic (exact) mass is 223 g/mol. The molecule has 2 aromatic rings. The lowest BCUT2D eigenvalue weighted by Crippen LogP contribution is -2.08. The molecule has 0 spiro atoms. The van der Waals surface area contributed by atoms with E-state index in [-0.39, 0.29) is 0 Å². The lowest BCUT2D eigenvalue weighted by atomic mass is 10.3. The SMILES string of the molecule is NNc1ccc(Cn2cc(Cl)cn2)cn1. The summed E-state index contributed by atoms with van der Waals surface area (Å²) in [6, 6.07) is 3.73. The van der Waals surface area contributed by atoms with Crippen molar-refractivity contribution in [3.05, 3.63) is 41.3 Å². The molecule has 6 heteroatoms. The van der Waals surface area contributed by atoms with Gasteiger partial charge in [0.2, 0.25) is 0 Å². The maximum absolute atomic E-state index is 5.75. The summed E-state index contributed by atoms with van der Waals surface area (Å²) in [6.45, 7) is 0.643. The van der Waals surface area contributed by atoms with Gasteiger partial charge in [0.15, 0.2) is 0 Å². The summed E-state index contributed by atoms with van der Waals surface area (Å²) >= 11 is 5.75. The van der Waals surface area contributed by atoms with Crippen LogP contribution in [0, 0.1) is 0 Å². The van der Waals surface area contributed by atoms with Crippen molar-refractivity contribution in [1.82, 2.24) is 14.8 Å². The number of pyridine rings is 1. The summed E-state index contributed by atoms with van der Waals surface area (Å²) in [6.07, 6.45) is 5.10. The van der Waals surface area contributed by atoms with Crippen LogP contribution in [0.1, 0.15) is 5.56 Å². The second-order valence-electron chi connectivity index (χ2n) is 3.05. The Labute approximate surface area is 91.8 Å². The molecule has 0 aliphatic heterocycles. The number of anilines is 1. The number of halogens is 1. The molecule has 0 aliphatic rings. The van der Waals surface area contributed by atoms with Crippen LogP contribution in [0.4, 0.5) is 5.82 Å². The molecule has 0 saturated heterocycles. The van der Waals surface area contributed by atoms with Crippen LogP contribution in [0.25, 0.3) is 0 Å². The molecular weight excluding hydrogens is 214 g/mol. The Bertz CT molecular complexity index is 436. The number of nitrogens with one attached hydrogen (secondary N) is 1. The fourth-order valence-corrected chi connectivity index (χ4v) is 1.37. The molecule has 3 N–H and O–H groups in total. The average Bonchev–Trinajstić information content (AvgIpc) is 2.65. The molecule has 15 heavy (non-hydrogen) atoms. The maximum Gasteiger partial charge on any atom is 0.139 e. The second-order valence-corrected chi connectivity index (χ2v) is 3.49. The van der Waals surface area contributed by atoms with Crippen molar-refractivity contribution in [1.29, 1.82) is 0 Å². The molecule has 0 fully saturated rings. The van der Waals surface area contributed by atoms with Gasteiger partial charge in [0, 0.05) is 12.4 Å². The van der Waals surface area contributed by atoms with E-state index >= 15 is 0 Å². The molecule has 0 saturated carbocycles. The van der Waals surface area contributed by atoms with Crippen molar-refractivity contribution < 1.29 is 0 Å². The zero-order valence-electron chi connectivity index (χ0n) is 7.89. The number of nitrogens with two attached hydrogens (primary N) is 1. The lowest BCUT2D eigenvalue weighted by molar-refractivity contribution is 0.685. The highest BCUT2D eigenvalue weighted by Gasteiger charge is 1.98.